The van der Waals surface area contributed by atoms with Crippen molar-refractivity contribution in [2.75, 3.05) is 33.4 Å². The van der Waals surface area contributed by atoms with Gasteiger partial charge in [0.1, 0.15) is 0 Å². The predicted octanol–water partition coefficient (Wildman–Crippen LogP) is 2.22. The number of nitrogens with zero attached hydrogens (tertiary/aromatic N) is 1. The smallest absolute Gasteiger partial charge is 0.0867 e. The van der Waals surface area contributed by atoms with E-state index in [0.717, 1.165) is 31.4 Å². The van der Waals surface area contributed by atoms with Crippen molar-refractivity contribution in [1.29, 1.82) is 0 Å². The fourth-order valence-corrected chi connectivity index (χ4v) is 2.07. The summed E-state index contributed by atoms with van der Waals surface area (Å²) in [5.41, 5.74) is 0.980. The second-order valence-electron chi connectivity index (χ2n) is 3.90. The van der Waals surface area contributed by atoms with Gasteiger partial charge in [-0.05, 0) is 19.0 Å². The Balaban J connectivity index is 0.000000461. The van der Waals surface area contributed by atoms with Gasteiger partial charge in [-0.3, -0.25) is 0 Å². The van der Waals surface area contributed by atoms with Gasteiger partial charge in [-0.25, -0.2) is 4.39 Å². The monoisotopic (exact) mass is 201 g/mol. The highest BCUT2D eigenvalue weighted by atomic mass is 19.1. The largest absolute Gasteiger partial charge is 0.379 e. The van der Waals surface area contributed by atoms with Crippen molar-refractivity contribution in [3.05, 3.63) is 11.9 Å². The lowest BCUT2D eigenvalue weighted by Crippen LogP contribution is -2.54. The van der Waals surface area contributed by atoms with E-state index in [1.807, 2.05) is 13.8 Å². The topological polar surface area (TPSA) is 12.5 Å². The number of rotatable bonds is 0. The third-order valence-corrected chi connectivity index (χ3v) is 2.91. The van der Waals surface area contributed by atoms with E-state index in [4.69, 9.17) is 4.74 Å². The molecule has 0 N–H and O–H groups in total. The third kappa shape index (κ3) is 1.98. The number of ether oxygens (including phenoxy) is 1. The van der Waals surface area contributed by atoms with Crippen LogP contribution >= 0.6 is 0 Å². The molecule has 0 atom stereocenters. The maximum absolute atomic E-state index is 12.5. The Kier molecular flexibility index (Phi) is 4.08. The van der Waals surface area contributed by atoms with Gasteiger partial charge in [-0.15, -0.1) is 0 Å². The Bertz CT molecular complexity index is 211. The molecule has 2 rings (SSSR count). The van der Waals surface area contributed by atoms with Gasteiger partial charge in [-0.1, -0.05) is 13.8 Å². The lowest BCUT2D eigenvalue weighted by atomic mass is 9.74. The van der Waals surface area contributed by atoms with Gasteiger partial charge in [-0.2, -0.15) is 0 Å². The van der Waals surface area contributed by atoms with E-state index in [-0.39, 0.29) is 5.41 Å². The molecular weight excluding hydrogens is 181 g/mol. The first-order chi connectivity index (χ1) is 6.77. The SMILES string of the molecule is CC.CN1CC/C(=C\F)C2(COC2)C1. The minimum Gasteiger partial charge on any atom is -0.379 e. The highest BCUT2D eigenvalue weighted by molar-refractivity contribution is 5.19. The van der Waals surface area contributed by atoms with Gasteiger partial charge in [0.25, 0.3) is 0 Å². The number of piperidine rings is 1. The van der Waals surface area contributed by atoms with Crippen molar-refractivity contribution in [3.8, 4) is 0 Å². The molecule has 0 amide bonds. The van der Waals surface area contributed by atoms with Crippen molar-refractivity contribution in [1.82, 2.24) is 4.90 Å². The molecule has 0 radical (unpaired) electrons. The molecule has 2 aliphatic heterocycles. The van der Waals surface area contributed by atoms with Crippen molar-refractivity contribution < 1.29 is 9.13 Å². The van der Waals surface area contributed by atoms with Crippen LogP contribution in [0.2, 0.25) is 0 Å². The predicted molar refractivity (Wildman–Crippen MR) is 55.9 cm³/mol. The van der Waals surface area contributed by atoms with E-state index < -0.39 is 0 Å². The Labute approximate surface area is 85.7 Å². The normalized spacial score (nSPS) is 28.1. The standard InChI is InChI=1S/C9H14FNO.C2H6/c1-11-3-2-8(4-10)9(5-11)6-12-7-9;1-2/h4H,2-3,5-7H2,1H3;1-2H3/b8-4+;. The average molecular weight is 201 g/mol. The summed E-state index contributed by atoms with van der Waals surface area (Å²) < 4.78 is 17.6. The molecule has 2 heterocycles. The second-order valence-corrected chi connectivity index (χ2v) is 3.90. The molecule has 0 aromatic rings. The highest BCUT2D eigenvalue weighted by Gasteiger charge is 2.45. The second kappa shape index (κ2) is 4.89. The lowest BCUT2D eigenvalue weighted by molar-refractivity contribution is -0.111. The fraction of sp³-hybridized carbons (Fsp3) is 0.818. The van der Waals surface area contributed by atoms with Crippen molar-refractivity contribution in [2.24, 2.45) is 5.41 Å². The Morgan fingerprint density at radius 1 is 1.43 bits per heavy atom. The van der Waals surface area contributed by atoms with E-state index in [1.54, 1.807) is 0 Å². The molecule has 0 aromatic heterocycles. The summed E-state index contributed by atoms with van der Waals surface area (Å²) in [4.78, 5) is 2.25. The zero-order valence-electron chi connectivity index (χ0n) is 9.35. The quantitative estimate of drug-likeness (QED) is 0.596. The summed E-state index contributed by atoms with van der Waals surface area (Å²) in [6.07, 6.45) is 1.64. The van der Waals surface area contributed by atoms with Crippen molar-refractivity contribution in [2.45, 2.75) is 20.3 Å². The molecule has 0 unspecified atom stereocenters. The van der Waals surface area contributed by atoms with Crippen LogP contribution in [0.1, 0.15) is 20.3 Å². The summed E-state index contributed by atoms with van der Waals surface area (Å²) in [6.45, 7) is 7.32. The molecule has 3 heteroatoms. The van der Waals surface area contributed by atoms with E-state index >= 15 is 0 Å². The number of halogens is 1. The number of hydrogen-bond acceptors (Lipinski definition) is 2. The van der Waals surface area contributed by atoms with Gasteiger partial charge in [0.05, 0.1) is 25.0 Å². The molecule has 82 valence electrons. The van der Waals surface area contributed by atoms with Crippen LogP contribution in [0, 0.1) is 5.41 Å². The maximum Gasteiger partial charge on any atom is 0.0867 e. The van der Waals surface area contributed by atoms with Crippen molar-refractivity contribution >= 4 is 0 Å². The molecule has 1 spiro atoms. The molecular formula is C11H20FNO. The Hall–Kier alpha value is -0.410. The minimum absolute atomic E-state index is 0.0295. The Morgan fingerprint density at radius 2 is 2.07 bits per heavy atom. The molecule has 0 aliphatic carbocycles. The summed E-state index contributed by atoms with van der Waals surface area (Å²) >= 11 is 0. The molecule has 14 heavy (non-hydrogen) atoms. The van der Waals surface area contributed by atoms with E-state index in [2.05, 4.69) is 11.9 Å². The summed E-state index contributed by atoms with van der Waals surface area (Å²) in [7, 11) is 2.08. The van der Waals surface area contributed by atoms with Crippen LogP contribution in [-0.2, 0) is 4.74 Å². The third-order valence-electron chi connectivity index (χ3n) is 2.91. The number of likely N-dealkylation sites (tertiary alicyclic amines) is 1. The fourth-order valence-electron chi connectivity index (χ4n) is 2.07. The molecule has 0 bridgehead atoms. The molecule has 2 nitrogen and oxygen atoms in total. The summed E-state index contributed by atoms with van der Waals surface area (Å²) in [5, 5.41) is 0. The average Bonchev–Trinajstić information content (AvgIpc) is 2.18. The van der Waals surface area contributed by atoms with Crippen LogP contribution in [0.4, 0.5) is 4.39 Å². The first-order valence-electron chi connectivity index (χ1n) is 5.33. The van der Waals surface area contributed by atoms with E-state index in [1.165, 1.54) is 0 Å². The highest BCUT2D eigenvalue weighted by Crippen LogP contribution is 2.40. The first kappa shape index (κ1) is 11.7. The van der Waals surface area contributed by atoms with Crippen LogP contribution in [0.25, 0.3) is 0 Å². The van der Waals surface area contributed by atoms with Crippen LogP contribution in [0.15, 0.2) is 11.9 Å². The van der Waals surface area contributed by atoms with Crippen molar-refractivity contribution in [3.63, 3.8) is 0 Å². The van der Waals surface area contributed by atoms with Crippen LogP contribution in [0.5, 0.6) is 0 Å². The van der Waals surface area contributed by atoms with Crippen LogP contribution in [0.3, 0.4) is 0 Å². The van der Waals surface area contributed by atoms with E-state index in [0.29, 0.717) is 13.2 Å². The van der Waals surface area contributed by atoms with Gasteiger partial charge in [0.15, 0.2) is 0 Å². The van der Waals surface area contributed by atoms with E-state index in [9.17, 15) is 4.39 Å². The minimum atomic E-state index is 0.0295. The number of hydrogen-bond donors (Lipinski definition) is 0. The van der Waals surface area contributed by atoms with Gasteiger partial charge in [0, 0.05) is 13.1 Å². The van der Waals surface area contributed by atoms with Gasteiger partial charge < -0.3 is 9.64 Å². The molecule has 0 aromatic carbocycles. The zero-order chi connectivity index (χ0) is 10.6. The van der Waals surface area contributed by atoms with Crippen LogP contribution < -0.4 is 0 Å². The lowest BCUT2D eigenvalue weighted by Gasteiger charge is -2.48. The van der Waals surface area contributed by atoms with Gasteiger partial charge >= 0.3 is 0 Å². The zero-order valence-corrected chi connectivity index (χ0v) is 9.35. The first-order valence-corrected chi connectivity index (χ1v) is 5.33. The summed E-state index contributed by atoms with van der Waals surface area (Å²) in [6, 6.07) is 0. The summed E-state index contributed by atoms with van der Waals surface area (Å²) in [5.74, 6) is 0. The maximum atomic E-state index is 12.5. The Morgan fingerprint density at radius 3 is 2.50 bits per heavy atom. The molecule has 2 saturated heterocycles. The van der Waals surface area contributed by atoms with Gasteiger partial charge in [0.2, 0.25) is 0 Å². The molecule has 2 fully saturated rings. The molecule has 2 aliphatic rings. The molecule has 0 saturated carbocycles. The van der Waals surface area contributed by atoms with Crippen LogP contribution in [-0.4, -0.2) is 38.3 Å².